The molecule has 5 heterocycles. The molecule has 0 aliphatic heterocycles. The van der Waals surface area contributed by atoms with Crippen molar-refractivity contribution in [3.63, 3.8) is 0 Å². The molecule has 0 saturated heterocycles. The molecule has 196 valence electrons. The zero-order chi connectivity index (χ0) is 27.5. The SMILES string of the molecule is C=C/C=C(/c1ccsc1)c1cc(-c2[nH]nc3ncc(-c4cncc(NC(=C)Cc5ccccc5)c4)cc23)[nH]c1C. The number of aromatic nitrogens is 5. The minimum absolute atomic E-state index is 0.658. The highest BCUT2D eigenvalue weighted by Gasteiger charge is 2.17. The van der Waals surface area contributed by atoms with Crippen LogP contribution in [0.3, 0.4) is 0 Å². The maximum atomic E-state index is 4.64. The molecule has 0 aliphatic carbocycles. The fourth-order valence-corrected chi connectivity index (χ4v) is 5.53. The zero-order valence-electron chi connectivity index (χ0n) is 22.1. The van der Waals surface area contributed by atoms with Crippen LogP contribution in [0.4, 0.5) is 5.69 Å². The van der Waals surface area contributed by atoms with Gasteiger partial charge in [0.05, 0.1) is 23.3 Å². The van der Waals surface area contributed by atoms with Gasteiger partial charge in [0.1, 0.15) is 0 Å². The highest BCUT2D eigenvalue weighted by molar-refractivity contribution is 7.08. The second-order valence-electron chi connectivity index (χ2n) is 9.60. The number of anilines is 1. The summed E-state index contributed by atoms with van der Waals surface area (Å²) in [5.41, 5.74) is 11.9. The number of hydrogen-bond donors (Lipinski definition) is 3. The summed E-state index contributed by atoms with van der Waals surface area (Å²) in [5.74, 6) is 0. The molecule has 6 rings (SSSR count). The summed E-state index contributed by atoms with van der Waals surface area (Å²) >= 11 is 1.68. The fraction of sp³-hybridized carbons (Fsp3) is 0.0606. The normalized spacial score (nSPS) is 11.6. The summed E-state index contributed by atoms with van der Waals surface area (Å²) < 4.78 is 0. The van der Waals surface area contributed by atoms with Gasteiger partial charge in [-0.25, -0.2) is 4.98 Å². The lowest BCUT2D eigenvalue weighted by Gasteiger charge is -2.11. The van der Waals surface area contributed by atoms with E-state index in [1.165, 1.54) is 11.1 Å². The first-order valence-electron chi connectivity index (χ1n) is 12.9. The molecule has 40 heavy (non-hydrogen) atoms. The summed E-state index contributed by atoms with van der Waals surface area (Å²) in [6.45, 7) is 10.2. The van der Waals surface area contributed by atoms with Crippen LogP contribution in [0, 0.1) is 6.92 Å². The summed E-state index contributed by atoms with van der Waals surface area (Å²) in [4.78, 5) is 12.7. The quantitative estimate of drug-likeness (QED) is 0.162. The lowest BCUT2D eigenvalue weighted by Crippen LogP contribution is -2.02. The van der Waals surface area contributed by atoms with E-state index in [1.807, 2.05) is 36.7 Å². The van der Waals surface area contributed by atoms with E-state index in [4.69, 9.17) is 0 Å². The van der Waals surface area contributed by atoms with Crippen molar-refractivity contribution in [1.82, 2.24) is 25.1 Å². The minimum Gasteiger partial charge on any atom is -0.358 e. The Labute approximate surface area is 236 Å². The van der Waals surface area contributed by atoms with Crippen LogP contribution in [0.1, 0.15) is 22.4 Å². The Hall–Kier alpha value is -5.01. The number of nitrogens with zero attached hydrogens (tertiary/aromatic N) is 3. The van der Waals surface area contributed by atoms with Crippen LogP contribution in [0.5, 0.6) is 0 Å². The largest absolute Gasteiger partial charge is 0.358 e. The van der Waals surface area contributed by atoms with Gasteiger partial charge in [-0.05, 0) is 58.6 Å². The lowest BCUT2D eigenvalue weighted by molar-refractivity contribution is 1.09. The van der Waals surface area contributed by atoms with Gasteiger partial charge in [0, 0.05) is 52.3 Å². The van der Waals surface area contributed by atoms with Crippen LogP contribution in [-0.2, 0) is 6.42 Å². The minimum atomic E-state index is 0.658. The van der Waals surface area contributed by atoms with Gasteiger partial charge < -0.3 is 10.3 Å². The second-order valence-corrected chi connectivity index (χ2v) is 10.4. The molecular formula is C33H28N6S. The molecule has 5 aromatic heterocycles. The lowest BCUT2D eigenvalue weighted by atomic mass is 10.00. The van der Waals surface area contributed by atoms with E-state index < -0.39 is 0 Å². The van der Waals surface area contributed by atoms with E-state index in [1.54, 1.807) is 17.5 Å². The fourth-order valence-electron chi connectivity index (χ4n) is 4.87. The zero-order valence-corrected chi connectivity index (χ0v) is 22.9. The number of aromatic amines is 2. The molecule has 0 amide bonds. The first-order valence-corrected chi connectivity index (χ1v) is 13.9. The monoisotopic (exact) mass is 540 g/mol. The highest BCUT2D eigenvalue weighted by Crippen LogP contribution is 2.34. The number of allylic oxidation sites excluding steroid dienone is 3. The number of H-pyrrole nitrogens is 2. The van der Waals surface area contributed by atoms with Gasteiger partial charge in [-0.15, -0.1) is 0 Å². The molecule has 0 saturated carbocycles. The van der Waals surface area contributed by atoms with Crippen molar-refractivity contribution in [1.29, 1.82) is 0 Å². The van der Waals surface area contributed by atoms with E-state index in [9.17, 15) is 0 Å². The highest BCUT2D eigenvalue weighted by atomic mass is 32.1. The molecule has 0 spiro atoms. The van der Waals surface area contributed by atoms with Crippen molar-refractivity contribution < 1.29 is 0 Å². The summed E-state index contributed by atoms with van der Waals surface area (Å²) in [7, 11) is 0. The number of fused-ring (bicyclic) bond motifs is 1. The Bertz CT molecular complexity index is 1840. The van der Waals surface area contributed by atoms with E-state index >= 15 is 0 Å². The van der Waals surface area contributed by atoms with Gasteiger partial charge in [0.15, 0.2) is 5.65 Å². The number of aryl methyl sites for hydroxylation is 1. The Morgan fingerprint density at radius 3 is 2.70 bits per heavy atom. The number of benzene rings is 1. The molecule has 0 unspecified atom stereocenters. The topological polar surface area (TPSA) is 82.3 Å². The van der Waals surface area contributed by atoms with Crippen LogP contribution >= 0.6 is 11.3 Å². The Balaban J connectivity index is 1.30. The molecule has 0 radical (unpaired) electrons. The van der Waals surface area contributed by atoms with Gasteiger partial charge >= 0.3 is 0 Å². The van der Waals surface area contributed by atoms with Crippen molar-refractivity contribution in [3.8, 4) is 22.5 Å². The first kappa shape index (κ1) is 25.3. The predicted octanol–water partition coefficient (Wildman–Crippen LogP) is 8.17. The second kappa shape index (κ2) is 11.0. The molecule has 1 aromatic carbocycles. The average molecular weight is 541 g/mol. The Morgan fingerprint density at radius 2 is 1.90 bits per heavy atom. The van der Waals surface area contributed by atoms with Crippen LogP contribution in [0.25, 0.3) is 39.1 Å². The van der Waals surface area contributed by atoms with Gasteiger partial charge in [-0.3, -0.25) is 10.1 Å². The van der Waals surface area contributed by atoms with E-state index in [-0.39, 0.29) is 0 Å². The Kier molecular flexibility index (Phi) is 6.95. The molecule has 6 aromatic rings. The smallest absolute Gasteiger partial charge is 0.181 e. The summed E-state index contributed by atoms with van der Waals surface area (Å²) in [6.07, 6.45) is 10.1. The maximum absolute atomic E-state index is 4.64. The molecular weight excluding hydrogens is 512 g/mol. The van der Waals surface area contributed by atoms with Gasteiger partial charge in [-0.1, -0.05) is 55.6 Å². The maximum Gasteiger partial charge on any atom is 0.181 e. The van der Waals surface area contributed by atoms with Crippen molar-refractivity contribution in [2.75, 3.05) is 5.32 Å². The number of thiophene rings is 1. The van der Waals surface area contributed by atoms with E-state index in [0.717, 1.165) is 62.5 Å². The number of hydrogen-bond acceptors (Lipinski definition) is 5. The van der Waals surface area contributed by atoms with E-state index in [2.05, 4.69) is 104 Å². The molecule has 7 heteroatoms. The summed E-state index contributed by atoms with van der Waals surface area (Å²) in [6, 6.07) is 18.7. The van der Waals surface area contributed by atoms with Crippen molar-refractivity contribution in [2.45, 2.75) is 13.3 Å². The van der Waals surface area contributed by atoms with Crippen LogP contribution in [-0.4, -0.2) is 25.1 Å². The van der Waals surface area contributed by atoms with E-state index in [0.29, 0.717) is 5.65 Å². The van der Waals surface area contributed by atoms with Crippen molar-refractivity contribution in [2.24, 2.45) is 0 Å². The third kappa shape index (κ3) is 5.15. The molecule has 0 aliphatic rings. The number of pyridine rings is 2. The van der Waals surface area contributed by atoms with Gasteiger partial charge in [-0.2, -0.15) is 16.4 Å². The average Bonchev–Trinajstić information content (AvgIpc) is 3.72. The molecule has 6 nitrogen and oxygen atoms in total. The Morgan fingerprint density at radius 1 is 1.05 bits per heavy atom. The third-order valence-corrected chi connectivity index (χ3v) is 7.44. The third-order valence-electron chi connectivity index (χ3n) is 6.75. The standard InChI is InChI=1S/C33H28N6S/c1-4-8-28(24-11-12-40-20-24)29-16-31(37-22(29)3)32-30-15-26(18-35-33(30)39-38-32)25-14-27(19-34-17-25)36-21(2)13-23-9-6-5-7-10-23/h4-12,14-20,36-37H,1-2,13H2,3H3,(H,35,38,39)/b28-8-. The van der Waals surface area contributed by atoms with Crippen LogP contribution in [0.2, 0.25) is 0 Å². The molecule has 3 N–H and O–H groups in total. The molecule has 0 bridgehead atoms. The predicted molar refractivity (Wildman–Crippen MR) is 166 cm³/mol. The molecule has 0 atom stereocenters. The number of rotatable bonds is 9. The van der Waals surface area contributed by atoms with Crippen LogP contribution in [0.15, 0.2) is 115 Å². The summed E-state index contributed by atoms with van der Waals surface area (Å²) in [5, 5.41) is 16.2. The number of nitrogens with one attached hydrogen (secondary N) is 3. The molecule has 0 fully saturated rings. The van der Waals surface area contributed by atoms with Gasteiger partial charge in [0.25, 0.3) is 0 Å². The van der Waals surface area contributed by atoms with Gasteiger partial charge in [0.2, 0.25) is 0 Å². The van der Waals surface area contributed by atoms with Crippen LogP contribution < -0.4 is 5.32 Å². The first-order chi connectivity index (χ1) is 19.6. The van der Waals surface area contributed by atoms with Crippen molar-refractivity contribution in [3.05, 3.63) is 137 Å². The van der Waals surface area contributed by atoms with Crippen molar-refractivity contribution >= 4 is 33.6 Å².